The summed E-state index contributed by atoms with van der Waals surface area (Å²) in [5.74, 6) is 11.8. The molecule has 16 aliphatic rings. The molecule has 16 fully saturated rings. The lowest BCUT2D eigenvalue weighted by Gasteiger charge is -2.63. The smallest absolute Gasteiger partial charge is 0.277 e. The van der Waals surface area contributed by atoms with Crippen LogP contribution in [0.25, 0.3) is 0 Å². The normalized spacial score (nSPS) is 41.3. The molecule has 16 aliphatic carbocycles. The number of anilines is 1. The standard InChI is InChI=1S/C38H41NO2.C38H43N.2CH4/c40-39(41)36-34(37(28-8-3-1-4-9-28)30-16-24-14-25(18-30)19-31(37)17-24)12-7-13-35(36)38(29-10-5-2-6-11-29)32-20-26-15-27(22-32)23-33(38)21-26;39-36-34(37(28-8-3-1-4-9-28)30-16-24-14-25(18-30)19-31(37)17-24)12-7-13-35(36)38(29-10-5-2-6-11-29)32-20-26-15-27(22-32)23-33(38)21-26;;/h1-13,24-27,30-33H,14-23H2;1-13,24-27,30-33H,14-23,39H2;2*1H4. The third-order valence-corrected chi connectivity index (χ3v) is 26.8. The fourth-order valence-electron chi connectivity index (χ4n) is 25.5. The van der Waals surface area contributed by atoms with Crippen molar-refractivity contribution in [2.45, 2.75) is 165 Å². The Hall–Kier alpha value is -5.48. The summed E-state index contributed by atoms with van der Waals surface area (Å²) < 4.78 is 0. The lowest BCUT2D eigenvalue weighted by Crippen LogP contribution is -2.57. The summed E-state index contributed by atoms with van der Waals surface area (Å²) in [5.41, 5.74) is 19.7. The van der Waals surface area contributed by atoms with Gasteiger partial charge in [0.15, 0.2) is 0 Å². The highest BCUT2D eigenvalue weighted by molar-refractivity contribution is 5.67. The van der Waals surface area contributed by atoms with Crippen LogP contribution in [-0.2, 0) is 21.7 Å². The summed E-state index contributed by atoms with van der Waals surface area (Å²) in [7, 11) is 0. The molecule has 0 radical (unpaired) electrons. The molecule has 4 heteroatoms. The summed E-state index contributed by atoms with van der Waals surface area (Å²) in [5, 5.41) is 13.7. The molecule has 6 aromatic carbocycles. The van der Waals surface area contributed by atoms with E-state index in [1.54, 1.807) is 11.1 Å². The highest BCUT2D eigenvalue weighted by atomic mass is 16.6. The lowest BCUT2D eigenvalue weighted by atomic mass is 9.40. The maximum absolute atomic E-state index is 13.7. The van der Waals surface area contributed by atoms with Crippen LogP contribution in [0.1, 0.15) is 188 Å². The number of para-hydroxylation sites is 2. The van der Waals surface area contributed by atoms with E-state index in [2.05, 4.69) is 158 Å². The quantitative estimate of drug-likeness (QED) is 0.0891. The zero-order valence-electron chi connectivity index (χ0n) is 47.2. The third kappa shape index (κ3) is 7.32. The van der Waals surface area contributed by atoms with Gasteiger partial charge in [-0.15, -0.1) is 0 Å². The van der Waals surface area contributed by atoms with Crippen LogP contribution in [0.4, 0.5) is 11.4 Å². The second-order valence-electron chi connectivity index (χ2n) is 29.9. The molecule has 0 atom stereocenters. The molecule has 22 rings (SSSR count). The fourth-order valence-corrected chi connectivity index (χ4v) is 25.5. The van der Waals surface area contributed by atoms with Gasteiger partial charge in [0.25, 0.3) is 5.69 Å². The van der Waals surface area contributed by atoms with Crippen LogP contribution in [0.3, 0.4) is 0 Å². The van der Waals surface area contributed by atoms with Crippen molar-refractivity contribution in [2.75, 3.05) is 5.73 Å². The maximum atomic E-state index is 13.7. The molecule has 0 heterocycles. The van der Waals surface area contributed by atoms with Crippen LogP contribution >= 0.6 is 0 Å². The zero-order chi connectivity index (χ0) is 53.1. The molecule has 426 valence electrons. The van der Waals surface area contributed by atoms with Crippen molar-refractivity contribution in [3.05, 3.63) is 212 Å². The Labute approximate surface area is 491 Å². The van der Waals surface area contributed by atoms with Gasteiger partial charge in [0.1, 0.15) is 0 Å². The minimum Gasteiger partial charge on any atom is -0.398 e. The molecule has 0 aliphatic heterocycles. The number of nitrogens with zero attached hydrogens (tertiary/aromatic N) is 1. The summed E-state index contributed by atoms with van der Waals surface area (Å²) in [4.78, 5) is 13.7. The van der Waals surface area contributed by atoms with Crippen molar-refractivity contribution in [1.82, 2.24) is 0 Å². The van der Waals surface area contributed by atoms with Crippen molar-refractivity contribution in [3.8, 4) is 0 Å². The number of nitro groups is 1. The number of nitrogens with two attached hydrogens (primary N) is 1. The molecule has 6 aromatic rings. The number of rotatable bonds is 9. The predicted molar refractivity (Wildman–Crippen MR) is 334 cm³/mol. The highest BCUT2D eigenvalue weighted by Gasteiger charge is 2.66. The number of hydrogen-bond donors (Lipinski definition) is 1. The van der Waals surface area contributed by atoms with Crippen LogP contribution in [-0.4, -0.2) is 4.92 Å². The number of nitrogen functional groups attached to an aromatic ring is 1. The van der Waals surface area contributed by atoms with Gasteiger partial charge in [-0.05, 0) is 256 Å². The zero-order valence-corrected chi connectivity index (χ0v) is 47.2. The molecule has 0 unspecified atom stereocenters. The molecule has 0 spiro atoms. The average molecular weight is 1090 g/mol. The summed E-state index contributed by atoms with van der Waals surface area (Å²) in [6, 6.07) is 59.4. The van der Waals surface area contributed by atoms with Crippen LogP contribution in [0, 0.1) is 105 Å². The van der Waals surface area contributed by atoms with E-state index in [1.165, 1.54) is 151 Å². The van der Waals surface area contributed by atoms with E-state index in [9.17, 15) is 10.1 Å². The largest absolute Gasteiger partial charge is 0.398 e. The maximum Gasteiger partial charge on any atom is 0.277 e. The topological polar surface area (TPSA) is 69.2 Å². The van der Waals surface area contributed by atoms with E-state index < -0.39 is 0 Å². The number of benzene rings is 6. The van der Waals surface area contributed by atoms with Gasteiger partial charge in [0, 0.05) is 38.5 Å². The van der Waals surface area contributed by atoms with Crippen LogP contribution in [0.15, 0.2) is 158 Å². The van der Waals surface area contributed by atoms with Gasteiger partial charge in [-0.1, -0.05) is 173 Å². The minimum atomic E-state index is -0.267. The Morgan fingerprint density at radius 3 is 0.695 bits per heavy atom. The van der Waals surface area contributed by atoms with Crippen molar-refractivity contribution < 1.29 is 4.92 Å². The van der Waals surface area contributed by atoms with Gasteiger partial charge in [-0.25, -0.2) is 0 Å². The van der Waals surface area contributed by atoms with E-state index in [0.29, 0.717) is 29.4 Å². The molecule has 16 bridgehead atoms. The molecule has 4 nitrogen and oxygen atoms in total. The SMILES string of the molecule is C.C.Nc1c(C2(c3ccccc3)C3CC4CC(C3)CC2C4)cccc1C1(c2ccccc2)C2CC3CC(C2)CC1C3.O=[N+]([O-])c1c(C2(c3ccccc3)C3CC4CC(C3)CC2C4)cccc1C1(c2ccccc2)C2CC3CC(C2)CC1C3. The van der Waals surface area contributed by atoms with Crippen LogP contribution < -0.4 is 5.73 Å². The second kappa shape index (κ2) is 19.8. The van der Waals surface area contributed by atoms with E-state index in [-0.39, 0.29) is 41.4 Å². The van der Waals surface area contributed by atoms with Crippen LogP contribution in [0.5, 0.6) is 0 Å². The Balaban J connectivity index is 0.000000137. The second-order valence-corrected chi connectivity index (χ2v) is 29.9. The van der Waals surface area contributed by atoms with E-state index >= 15 is 0 Å². The lowest BCUT2D eigenvalue weighted by molar-refractivity contribution is -0.387. The molecule has 0 saturated heterocycles. The Bertz CT molecular complexity index is 3010. The van der Waals surface area contributed by atoms with Gasteiger partial charge in [0.05, 0.1) is 4.92 Å². The molecule has 0 aromatic heterocycles. The van der Waals surface area contributed by atoms with E-state index in [1.807, 2.05) is 0 Å². The third-order valence-electron chi connectivity index (χ3n) is 26.8. The first-order chi connectivity index (χ1) is 39.2. The predicted octanol–water partition coefficient (Wildman–Crippen LogP) is 19.1. The minimum absolute atomic E-state index is 0. The van der Waals surface area contributed by atoms with E-state index in [0.717, 1.165) is 87.8 Å². The summed E-state index contributed by atoms with van der Waals surface area (Å²) in [6.07, 6.45) is 26.7. The van der Waals surface area contributed by atoms with Crippen LogP contribution in [0.2, 0.25) is 0 Å². The van der Waals surface area contributed by atoms with Crippen molar-refractivity contribution in [1.29, 1.82) is 0 Å². The van der Waals surface area contributed by atoms with Gasteiger partial charge >= 0.3 is 0 Å². The summed E-state index contributed by atoms with van der Waals surface area (Å²) >= 11 is 0. The first kappa shape index (κ1) is 53.3. The first-order valence-electron chi connectivity index (χ1n) is 32.6. The highest BCUT2D eigenvalue weighted by Crippen LogP contribution is 2.72. The average Bonchev–Trinajstić information content (AvgIpc) is 3.63. The molecular formula is C78H92N2O2. The fraction of sp³-hybridized carbons (Fsp3) is 0.538. The molecule has 16 saturated carbocycles. The summed E-state index contributed by atoms with van der Waals surface area (Å²) in [6.45, 7) is 0. The Kier molecular flexibility index (Phi) is 12.9. The van der Waals surface area contributed by atoms with Gasteiger partial charge < -0.3 is 5.73 Å². The first-order valence-corrected chi connectivity index (χ1v) is 32.6. The van der Waals surface area contributed by atoms with Crippen molar-refractivity contribution >= 4 is 11.4 Å². The molecule has 0 amide bonds. The Morgan fingerprint density at radius 1 is 0.293 bits per heavy atom. The monoisotopic (exact) mass is 1090 g/mol. The molecule has 82 heavy (non-hydrogen) atoms. The number of nitro benzene ring substituents is 1. The van der Waals surface area contributed by atoms with Gasteiger partial charge in [0.2, 0.25) is 0 Å². The van der Waals surface area contributed by atoms with Crippen molar-refractivity contribution in [3.63, 3.8) is 0 Å². The van der Waals surface area contributed by atoms with Crippen molar-refractivity contribution in [2.24, 2.45) is 94.7 Å². The molecular weight excluding hydrogens is 997 g/mol. The molecule has 2 N–H and O–H groups in total. The Morgan fingerprint density at radius 2 is 0.488 bits per heavy atom. The van der Waals surface area contributed by atoms with Gasteiger partial charge in [-0.3, -0.25) is 10.1 Å². The van der Waals surface area contributed by atoms with Gasteiger partial charge in [-0.2, -0.15) is 0 Å². The number of hydrogen-bond acceptors (Lipinski definition) is 3. The van der Waals surface area contributed by atoms with E-state index in [4.69, 9.17) is 5.73 Å².